The zero-order chi connectivity index (χ0) is 11.4. The fourth-order valence-corrected chi connectivity index (χ4v) is 0.879. The highest BCUT2D eigenvalue weighted by atomic mass is 19.3. The molecule has 0 spiro atoms. The largest absolute Gasteiger partial charge is 0.452 e. The number of benzene rings is 1. The minimum atomic E-state index is -3.25. The van der Waals surface area contributed by atoms with Gasteiger partial charge in [-0.05, 0) is 12.1 Å². The molecule has 0 heterocycles. The molecule has 0 saturated heterocycles. The second kappa shape index (κ2) is 4.55. The van der Waals surface area contributed by atoms with E-state index in [1.54, 1.807) is 6.07 Å². The van der Waals surface area contributed by atoms with Gasteiger partial charge in [0.1, 0.15) is 5.75 Å². The molecular weight excluding hydrogens is 209 g/mol. The van der Waals surface area contributed by atoms with E-state index in [1.807, 2.05) is 0 Å². The van der Waals surface area contributed by atoms with Gasteiger partial charge in [0, 0.05) is 6.07 Å². The van der Waals surface area contributed by atoms with Gasteiger partial charge in [-0.1, -0.05) is 0 Å². The van der Waals surface area contributed by atoms with E-state index < -0.39 is 12.8 Å². The van der Waals surface area contributed by atoms with Crippen LogP contribution in [0.15, 0.2) is 18.2 Å². The Morgan fingerprint density at radius 2 is 2.00 bits per heavy atom. The maximum atomic E-state index is 12.5. The van der Waals surface area contributed by atoms with Crippen LogP contribution in [0.4, 0.5) is 18.9 Å². The average molecular weight is 216 g/mol. The summed E-state index contributed by atoms with van der Waals surface area (Å²) in [7, 11) is 0. The van der Waals surface area contributed by atoms with Crippen molar-refractivity contribution in [2.75, 3.05) is 5.73 Å². The SMILES string of the molecule is N#Cc1ccc(N)c(OC(F)C(F)F)c1. The summed E-state index contributed by atoms with van der Waals surface area (Å²) in [6.07, 6.45) is -6.00. The van der Waals surface area contributed by atoms with Gasteiger partial charge in [-0.15, -0.1) is 0 Å². The van der Waals surface area contributed by atoms with E-state index in [4.69, 9.17) is 11.0 Å². The Kier molecular flexibility index (Phi) is 3.39. The lowest BCUT2D eigenvalue weighted by Crippen LogP contribution is -2.20. The fraction of sp³-hybridized carbons (Fsp3) is 0.222. The fourth-order valence-electron chi connectivity index (χ4n) is 0.879. The van der Waals surface area contributed by atoms with Crippen LogP contribution in [-0.4, -0.2) is 12.8 Å². The Morgan fingerprint density at radius 3 is 2.53 bits per heavy atom. The Hall–Kier alpha value is -1.90. The standard InChI is InChI=1S/C9H7F3N2O/c10-8(11)9(12)15-7-3-5(4-13)1-2-6(7)14/h1-3,8-9H,14H2. The summed E-state index contributed by atoms with van der Waals surface area (Å²) >= 11 is 0. The quantitative estimate of drug-likeness (QED) is 0.787. The number of halogens is 3. The molecule has 1 atom stereocenters. The zero-order valence-electron chi connectivity index (χ0n) is 7.45. The van der Waals surface area contributed by atoms with E-state index in [9.17, 15) is 13.2 Å². The molecule has 1 aromatic carbocycles. The molecule has 80 valence electrons. The van der Waals surface area contributed by atoms with Gasteiger partial charge >= 0.3 is 6.43 Å². The van der Waals surface area contributed by atoms with E-state index in [0.717, 1.165) is 6.07 Å². The van der Waals surface area contributed by atoms with Crippen molar-refractivity contribution in [3.05, 3.63) is 23.8 Å². The van der Waals surface area contributed by atoms with Crippen molar-refractivity contribution < 1.29 is 17.9 Å². The lowest BCUT2D eigenvalue weighted by molar-refractivity contribution is -0.0665. The first-order valence-electron chi connectivity index (χ1n) is 3.93. The predicted molar refractivity (Wildman–Crippen MR) is 47.1 cm³/mol. The summed E-state index contributed by atoms with van der Waals surface area (Å²) in [5, 5.41) is 8.51. The van der Waals surface area contributed by atoms with Crippen molar-refractivity contribution in [1.82, 2.24) is 0 Å². The Labute approximate surface area is 83.9 Å². The second-order valence-corrected chi connectivity index (χ2v) is 2.67. The van der Waals surface area contributed by atoms with Gasteiger partial charge in [-0.25, -0.2) is 8.78 Å². The first kappa shape index (κ1) is 11.2. The van der Waals surface area contributed by atoms with Crippen molar-refractivity contribution in [2.45, 2.75) is 12.8 Å². The van der Waals surface area contributed by atoms with Crippen LogP contribution in [0.5, 0.6) is 5.75 Å². The maximum absolute atomic E-state index is 12.5. The number of hydrogen-bond acceptors (Lipinski definition) is 3. The molecule has 0 aliphatic rings. The summed E-state index contributed by atoms with van der Waals surface area (Å²) in [6.45, 7) is 0. The summed E-state index contributed by atoms with van der Waals surface area (Å²) in [6, 6.07) is 5.51. The normalized spacial score (nSPS) is 12.2. The summed E-state index contributed by atoms with van der Waals surface area (Å²) in [4.78, 5) is 0. The van der Waals surface area contributed by atoms with Crippen LogP contribution in [0.25, 0.3) is 0 Å². The Morgan fingerprint density at radius 1 is 1.33 bits per heavy atom. The Balaban J connectivity index is 2.89. The van der Waals surface area contributed by atoms with Crippen LogP contribution in [0.2, 0.25) is 0 Å². The summed E-state index contributed by atoms with van der Waals surface area (Å²) in [5.74, 6) is -0.262. The second-order valence-electron chi connectivity index (χ2n) is 2.67. The van der Waals surface area contributed by atoms with Gasteiger partial charge in [0.05, 0.1) is 17.3 Å². The van der Waals surface area contributed by atoms with Crippen molar-refractivity contribution in [1.29, 1.82) is 5.26 Å². The van der Waals surface area contributed by atoms with Crippen LogP contribution in [-0.2, 0) is 0 Å². The van der Waals surface area contributed by atoms with E-state index in [2.05, 4.69) is 4.74 Å². The smallest absolute Gasteiger partial charge is 0.304 e. The Bertz CT molecular complexity index is 389. The van der Waals surface area contributed by atoms with Crippen LogP contribution >= 0.6 is 0 Å². The molecular formula is C9H7F3N2O. The number of hydrogen-bond donors (Lipinski definition) is 1. The van der Waals surface area contributed by atoms with Crippen molar-refractivity contribution in [2.24, 2.45) is 0 Å². The van der Waals surface area contributed by atoms with E-state index in [-0.39, 0.29) is 17.0 Å². The number of nitrogens with two attached hydrogens (primary N) is 1. The molecule has 1 rings (SSSR count). The minimum Gasteiger partial charge on any atom is -0.452 e. The predicted octanol–water partition coefficient (Wildman–Crippen LogP) is 2.08. The van der Waals surface area contributed by atoms with E-state index in [1.165, 1.54) is 12.1 Å². The van der Waals surface area contributed by atoms with Crippen LogP contribution < -0.4 is 10.5 Å². The average Bonchev–Trinajstić information content (AvgIpc) is 2.21. The number of ether oxygens (including phenoxy) is 1. The topological polar surface area (TPSA) is 59.0 Å². The van der Waals surface area contributed by atoms with Crippen molar-refractivity contribution in [3.63, 3.8) is 0 Å². The number of nitrogen functional groups attached to an aromatic ring is 1. The molecule has 0 radical (unpaired) electrons. The van der Waals surface area contributed by atoms with Crippen molar-refractivity contribution in [3.8, 4) is 11.8 Å². The molecule has 0 aliphatic carbocycles. The molecule has 0 aliphatic heterocycles. The highest BCUT2D eigenvalue weighted by Gasteiger charge is 2.21. The highest BCUT2D eigenvalue weighted by Crippen LogP contribution is 2.25. The van der Waals surface area contributed by atoms with Crippen LogP contribution in [0.1, 0.15) is 5.56 Å². The van der Waals surface area contributed by atoms with Gasteiger partial charge < -0.3 is 10.5 Å². The first-order valence-corrected chi connectivity index (χ1v) is 3.93. The molecule has 0 bridgehead atoms. The molecule has 3 nitrogen and oxygen atoms in total. The van der Waals surface area contributed by atoms with Gasteiger partial charge in [0.2, 0.25) is 0 Å². The van der Waals surface area contributed by atoms with Crippen LogP contribution in [0, 0.1) is 11.3 Å². The maximum Gasteiger partial charge on any atom is 0.304 e. The molecule has 0 aromatic heterocycles. The molecule has 1 unspecified atom stereocenters. The summed E-state index contributed by atoms with van der Waals surface area (Å²) in [5.41, 5.74) is 5.50. The monoisotopic (exact) mass is 216 g/mol. The number of rotatable bonds is 3. The molecule has 0 saturated carbocycles. The number of nitrogens with zero attached hydrogens (tertiary/aromatic N) is 1. The molecule has 6 heteroatoms. The van der Waals surface area contributed by atoms with Gasteiger partial charge in [0.15, 0.2) is 0 Å². The van der Waals surface area contributed by atoms with Gasteiger partial charge in [0.25, 0.3) is 6.36 Å². The third kappa shape index (κ3) is 2.77. The summed E-state index contributed by atoms with van der Waals surface area (Å²) < 4.78 is 40.4. The number of nitriles is 1. The van der Waals surface area contributed by atoms with Gasteiger partial charge in [-0.3, -0.25) is 0 Å². The molecule has 2 N–H and O–H groups in total. The van der Waals surface area contributed by atoms with Crippen LogP contribution in [0.3, 0.4) is 0 Å². The first-order chi connectivity index (χ1) is 7.04. The van der Waals surface area contributed by atoms with E-state index >= 15 is 0 Å². The van der Waals surface area contributed by atoms with E-state index in [0.29, 0.717) is 0 Å². The number of alkyl halides is 3. The number of anilines is 1. The minimum absolute atomic E-state index is 0.00250. The third-order valence-corrected chi connectivity index (χ3v) is 1.58. The third-order valence-electron chi connectivity index (χ3n) is 1.58. The molecule has 15 heavy (non-hydrogen) atoms. The molecule has 1 aromatic rings. The highest BCUT2D eigenvalue weighted by molar-refractivity contribution is 5.56. The lowest BCUT2D eigenvalue weighted by atomic mass is 10.2. The van der Waals surface area contributed by atoms with Crippen molar-refractivity contribution >= 4 is 5.69 Å². The van der Waals surface area contributed by atoms with Gasteiger partial charge in [-0.2, -0.15) is 9.65 Å². The zero-order valence-corrected chi connectivity index (χ0v) is 7.45. The molecule has 0 amide bonds. The molecule has 0 fully saturated rings. The lowest BCUT2D eigenvalue weighted by Gasteiger charge is -2.12.